The van der Waals surface area contributed by atoms with Gasteiger partial charge in [-0.05, 0) is 50.5 Å². The van der Waals surface area contributed by atoms with Crippen LogP contribution in [0.3, 0.4) is 0 Å². The molecule has 0 fully saturated rings. The fourth-order valence-corrected chi connectivity index (χ4v) is 4.14. The second-order valence-electron chi connectivity index (χ2n) is 7.94. The lowest BCUT2D eigenvalue weighted by Gasteiger charge is -2.13. The Morgan fingerprint density at radius 1 is 1.00 bits per heavy atom. The van der Waals surface area contributed by atoms with Crippen molar-refractivity contribution in [1.29, 1.82) is 0 Å². The Balaban J connectivity index is 1.58. The molecule has 2 heterocycles. The summed E-state index contributed by atoms with van der Waals surface area (Å²) < 4.78 is 12.5. The number of aromatic nitrogens is 3. The number of nitrogens with zero attached hydrogens (tertiary/aromatic N) is 3. The summed E-state index contributed by atoms with van der Waals surface area (Å²) in [6, 6.07) is 15.5. The highest BCUT2D eigenvalue weighted by atomic mass is 16.5. The van der Waals surface area contributed by atoms with Crippen LogP contribution in [0, 0.1) is 20.8 Å². The highest BCUT2D eigenvalue weighted by Crippen LogP contribution is 2.30. The van der Waals surface area contributed by atoms with E-state index in [1.807, 2.05) is 43.5 Å². The number of ether oxygens (including phenoxy) is 2. The maximum atomic E-state index is 12.7. The van der Waals surface area contributed by atoms with E-state index in [9.17, 15) is 4.79 Å². The molecule has 0 radical (unpaired) electrons. The molecule has 0 aliphatic rings. The van der Waals surface area contributed by atoms with Gasteiger partial charge in [0.05, 0.1) is 25.6 Å². The van der Waals surface area contributed by atoms with Crippen molar-refractivity contribution in [2.75, 3.05) is 19.5 Å². The van der Waals surface area contributed by atoms with Crippen molar-refractivity contribution in [3.63, 3.8) is 0 Å². The van der Waals surface area contributed by atoms with E-state index in [0.717, 1.165) is 39.4 Å². The van der Waals surface area contributed by atoms with Crippen LogP contribution in [0.25, 0.3) is 16.8 Å². The topological polar surface area (TPSA) is 77.8 Å². The van der Waals surface area contributed by atoms with E-state index in [1.54, 1.807) is 32.4 Å². The molecule has 7 heteroatoms. The lowest BCUT2D eigenvalue weighted by molar-refractivity contribution is -0.116. The summed E-state index contributed by atoms with van der Waals surface area (Å²) in [4.78, 5) is 17.6. The normalized spacial score (nSPS) is 10.9. The van der Waals surface area contributed by atoms with Gasteiger partial charge in [0.1, 0.15) is 11.5 Å². The number of rotatable bonds is 7. The third kappa shape index (κ3) is 4.39. The SMILES string of the molecule is COc1ccc(OC)c(NC(=O)CCc2c(C)nc3c(-c4ccccc4)c(C)nn3c2C)c1. The Morgan fingerprint density at radius 3 is 2.45 bits per heavy atom. The lowest BCUT2D eigenvalue weighted by Crippen LogP contribution is -2.15. The summed E-state index contributed by atoms with van der Waals surface area (Å²) in [5, 5.41) is 7.68. The van der Waals surface area contributed by atoms with Gasteiger partial charge in [0, 0.05) is 29.4 Å². The first kappa shape index (κ1) is 22.3. The Hall–Kier alpha value is -3.87. The fourth-order valence-electron chi connectivity index (χ4n) is 4.14. The summed E-state index contributed by atoms with van der Waals surface area (Å²) in [6.45, 7) is 6.02. The molecule has 1 N–H and O–H groups in total. The first-order valence-electron chi connectivity index (χ1n) is 10.9. The molecule has 0 saturated heterocycles. The standard InChI is InChI=1S/C26H28N4O3/c1-16-21(12-14-24(31)28-22-15-20(32-4)11-13-23(22)33-5)18(3)30-26(27-16)25(17(2)29-30)19-9-7-6-8-10-19/h6-11,13,15H,12,14H2,1-5H3,(H,28,31). The minimum absolute atomic E-state index is 0.109. The van der Waals surface area contributed by atoms with Crippen molar-refractivity contribution < 1.29 is 14.3 Å². The second-order valence-corrected chi connectivity index (χ2v) is 7.94. The van der Waals surface area contributed by atoms with E-state index in [2.05, 4.69) is 17.4 Å². The molecule has 0 bridgehead atoms. The van der Waals surface area contributed by atoms with E-state index >= 15 is 0 Å². The van der Waals surface area contributed by atoms with Crippen molar-refractivity contribution in [3.8, 4) is 22.6 Å². The highest BCUT2D eigenvalue weighted by Gasteiger charge is 2.18. The summed E-state index contributed by atoms with van der Waals surface area (Å²) in [5.74, 6) is 1.12. The van der Waals surface area contributed by atoms with Crippen LogP contribution in [0.1, 0.15) is 29.1 Å². The van der Waals surface area contributed by atoms with Crippen LogP contribution < -0.4 is 14.8 Å². The number of nitrogens with one attached hydrogen (secondary N) is 1. The maximum absolute atomic E-state index is 12.7. The van der Waals surface area contributed by atoms with Gasteiger partial charge in [0.15, 0.2) is 5.65 Å². The van der Waals surface area contributed by atoms with Crippen molar-refractivity contribution in [1.82, 2.24) is 14.6 Å². The smallest absolute Gasteiger partial charge is 0.224 e. The minimum Gasteiger partial charge on any atom is -0.497 e. The Labute approximate surface area is 193 Å². The highest BCUT2D eigenvalue weighted by molar-refractivity contribution is 5.92. The zero-order chi connectivity index (χ0) is 23.5. The summed E-state index contributed by atoms with van der Waals surface area (Å²) in [7, 11) is 3.16. The van der Waals surface area contributed by atoms with E-state index < -0.39 is 0 Å². The van der Waals surface area contributed by atoms with Crippen LogP contribution in [0.2, 0.25) is 0 Å². The molecule has 7 nitrogen and oxygen atoms in total. The van der Waals surface area contributed by atoms with Gasteiger partial charge in [-0.3, -0.25) is 4.79 Å². The van der Waals surface area contributed by atoms with Gasteiger partial charge in [0.2, 0.25) is 5.91 Å². The quantitative estimate of drug-likeness (QED) is 0.438. The van der Waals surface area contributed by atoms with Crippen LogP contribution in [0.5, 0.6) is 11.5 Å². The number of hydrogen-bond donors (Lipinski definition) is 1. The number of carbonyl (C=O) groups excluding carboxylic acids is 1. The molecule has 4 aromatic rings. The number of methoxy groups -OCH3 is 2. The predicted molar refractivity (Wildman–Crippen MR) is 129 cm³/mol. The van der Waals surface area contributed by atoms with Crippen LogP contribution in [0.4, 0.5) is 5.69 Å². The Morgan fingerprint density at radius 2 is 1.76 bits per heavy atom. The molecule has 4 rings (SSSR count). The molecule has 0 aliphatic carbocycles. The largest absolute Gasteiger partial charge is 0.497 e. The van der Waals surface area contributed by atoms with Crippen molar-refractivity contribution in [2.45, 2.75) is 33.6 Å². The summed E-state index contributed by atoms with van der Waals surface area (Å²) >= 11 is 0. The molecule has 170 valence electrons. The predicted octanol–water partition coefficient (Wildman–Crippen LogP) is 4.91. The number of amides is 1. The number of aryl methyl sites for hydroxylation is 3. The molecule has 0 spiro atoms. The van der Waals surface area contributed by atoms with Gasteiger partial charge in [-0.25, -0.2) is 9.50 Å². The van der Waals surface area contributed by atoms with Crippen LogP contribution >= 0.6 is 0 Å². The number of carbonyl (C=O) groups is 1. The summed E-state index contributed by atoms with van der Waals surface area (Å²) in [5.41, 5.74) is 7.40. The zero-order valence-electron chi connectivity index (χ0n) is 19.6. The number of hydrogen-bond acceptors (Lipinski definition) is 5. The van der Waals surface area contributed by atoms with Crippen molar-refractivity contribution in [2.24, 2.45) is 0 Å². The minimum atomic E-state index is -0.109. The molecular formula is C26H28N4O3. The number of benzene rings is 2. The molecule has 0 aliphatic heterocycles. The molecular weight excluding hydrogens is 416 g/mol. The third-order valence-corrected chi connectivity index (χ3v) is 5.85. The average molecular weight is 445 g/mol. The fraction of sp³-hybridized carbons (Fsp3) is 0.269. The van der Waals surface area contributed by atoms with E-state index in [1.165, 1.54) is 0 Å². The van der Waals surface area contributed by atoms with Gasteiger partial charge in [-0.1, -0.05) is 30.3 Å². The van der Waals surface area contributed by atoms with Gasteiger partial charge < -0.3 is 14.8 Å². The lowest BCUT2D eigenvalue weighted by atomic mass is 10.0. The number of anilines is 1. The summed E-state index contributed by atoms with van der Waals surface area (Å²) in [6.07, 6.45) is 0.860. The van der Waals surface area contributed by atoms with Crippen molar-refractivity contribution in [3.05, 3.63) is 71.2 Å². The molecule has 0 atom stereocenters. The molecule has 33 heavy (non-hydrogen) atoms. The van der Waals surface area contributed by atoms with E-state index in [4.69, 9.17) is 19.6 Å². The monoisotopic (exact) mass is 444 g/mol. The molecule has 0 saturated carbocycles. The molecule has 1 amide bonds. The van der Waals surface area contributed by atoms with Gasteiger partial charge in [-0.15, -0.1) is 0 Å². The molecule has 2 aromatic heterocycles. The van der Waals surface area contributed by atoms with Crippen LogP contribution in [-0.2, 0) is 11.2 Å². The first-order chi connectivity index (χ1) is 15.9. The van der Waals surface area contributed by atoms with Gasteiger partial charge in [0.25, 0.3) is 0 Å². The van der Waals surface area contributed by atoms with Crippen LogP contribution in [-0.4, -0.2) is 34.7 Å². The molecule has 2 aromatic carbocycles. The van der Waals surface area contributed by atoms with E-state index in [0.29, 0.717) is 30.0 Å². The third-order valence-electron chi connectivity index (χ3n) is 5.85. The van der Waals surface area contributed by atoms with Gasteiger partial charge >= 0.3 is 0 Å². The Bertz CT molecular complexity index is 1310. The van der Waals surface area contributed by atoms with E-state index in [-0.39, 0.29) is 5.91 Å². The average Bonchev–Trinajstić information content (AvgIpc) is 3.15. The zero-order valence-corrected chi connectivity index (χ0v) is 19.6. The maximum Gasteiger partial charge on any atom is 0.224 e. The molecule has 0 unspecified atom stereocenters. The first-order valence-corrected chi connectivity index (χ1v) is 10.9. The van der Waals surface area contributed by atoms with Crippen molar-refractivity contribution >= 4 is 17.2 Å². The Kier molecular flexibility index (Phi) is 6.31. The van der Waals surface area contributed by atoms with Crippen LogP contribution in [0.15, 0.2) is 48.5 Å². The second kappa shape index (κ2) is 9.32. The van der Waals surface area contributed by atoms with Gasteiger partial charge in [-0.2, -0.15) is 5.10 Å². The number of fused-ring (bicyclic) bond motifs is 1.